The second kappa shape index (κ2) is 13.0. The molecule has 0 spiro atoms. The Labute approximate surface area is 202 Å². The van der Waals surface area contributed by atoms with Gasteiger partial charge in [0.05, 0.1) is 19.8 Å². The number of anilines is 1. The molecule has 1 atom stereocenters. The molecule has 3 rings (SSSR count). The van der Waals surface area contributed by atoms with Gasteiger partial charge in [-0.15, -0.1) is 24.0 Å². The first-order valence-electron chi connectivity index (χ1n) is 11.0. The van der Waals surface area contributed by atoms with E-state index in [2.05, 4.69) is 57.1 Å². The van der Waals surface area contributed by atoms with Crippen LogP contribution in [0.5, 0.6) is 0 Å². The molecule has 30 heavy (non-hydrogen) atoms. The number of nitrogens with zero attached hydrogens (tertiary/aromatic N) is 6. The maximum Gasteiger partial charge on any atom is 0.205 e. The molecule has 1 aromatic heterocycles. The van der Waals surface area contributed by atoms with E-state index in [0.717, 1.165) is 88.9 Å². The van der Waals surface area contributed by atoms with Crippen LogP contribution >= 0.6 is 35.5 Å². The van der Waals surface area contributed by atoms with Gasteiger partial charge in [0.1, 0.15) is 5.82 Å². The maximum atomic E-state index is 5.53. The van der Waals surface area contributed by atoms with Gasteiger partial charge < -0.3 is 19.9 Å². The predicted octanol–water partition coefficient (Wildman–Crippen LogP) is 2.16. The molecule has 0 bridgehead atoms. The van der Waals surface area contributed by atoms with E-state index in [1.165, 1.54) is 11.5 Å². The van der Waals surface area contributed by atoms with Crippen LogP contribution in [0.1, 0.15) is 33.5 Å². The fourth-order valence-electron chi connectivity index (χ4n) is 3.89. The van der Waals surface area contributed by atoms with E-state index in [1.54, 1.807) is 0 Å². The molecule has 0 saturated carbocycles. The van der Waals surface area contributed by atoms with Gasteiger partial charge in [-0.3, -0.25) is 9.89 Å². The first-order chi connectivity index (χ1) is 14.1. The Kier molecular flexibility index (Phi) is 11.0. The number of hydrogen-bond acceptors (Lipinski definition) is 7. The summed E-state index contributed by atoms with van der Waals surface area (Å²) in [6.07, 6.45) is 0.897. The van der Waals surface area contributed by atoms with Gasteiger partial charge >= 0.3 is 0 Å². The zero-order valence-corrected chi connectivity index (χ0v) is 22.0. The molecule has 10 heteroatoms. The number of guanidine groups is 1. The van der Waals surface area contributed by atoms with Crippen molar-refractivity contribution in [2.24, 2.45) is 10.9 Å². The highest BCUT2D eigenvalue weighted by molar-refractivity contribution is 14.0. The lowest BCUT2D eigenvalue weighted by Gasteiger charge is -2.38. The quantitative estimate of drug-likeness (QED) is 0.317. The summed E-state index contributed by atoms with van der Waals surface area (Å²) in [5, 5.41) is 4.56. The molecule has 1 N–H and O–H groups in total. The third-order valence-electron chi connectivity index (χ3n) is 5.67. The Balaban J connectivity index is 0.00000320. The molecule has 0 aliphatic carbocycles. The molecule has 1 aromatic rings. The number of morpholine rings is 1. The normalized spacial score (nSPS) is 19.7. The summed E-state index contributed by atoms with van der Waals surface area (Å²) in [7, 11) is 0. The van der Waals surface area contributed by atoms with Crippen molar-refractivity contribution in [3.05, 3.63) is 5.82 Å². The van der Waals surface area contributed by atoms with E-state index in [-0.39, 0.29) is 24.0 Å². The van der Waals surface area contributed by atoms with Crippen LogP contribution in [-0.2, 0) is 11.2 Å². The Morgan fingerprint density at radius 3 is 2.40 bits per heavy atom. The van der Waals surface area contributed by atoms with Gasteiger partial charge in [0.2, 0.25) is 5.13 Å². The highest BCUT2D eigenvalue weighted by atomic mass is 127. The van der Waals surface area contributed by atoms with Crippen molar-refractivity contribution in [2.45, 2.75) is 40.2 Å². The van der Waals surface area contributed by atoms with Crippen molar-refractivity contribution in [2.75, 3.05) is 70.5 Å². The van der Waals surface area contributed by atoms with E-state index in [0.29, 0.717) is 12.0 Å². The fraction of sp³-hybridized carbons (Fsp3) is 0.850. The molecular weight excluding hydrogens is 513 g/mol. The van der Waals surface area contributed by atoms with Gasteiger partial charge in [-0.1, -0.05) is 20.8 Å². The molecule has 3 heterocycles. The number of piperazine rings is 1. The third kappa shape index (κ3) is 6.89. The van der Waals surface area contributed by atoms with Gasteiger partial charge in [-0.2, -0.15) is 4.37 Å². The van der Waals surface area contributed by atoms with Crippen LogP contribution in [0.4, 0.5) is 5.13 Å². The fourth-order valence-corrected chi connectivity index (χ4v) is 4.69. The average Bonchev–Trinajstić information content (AvgIpc) is 3.23. The van der Waals surface area contributed by atoms with Crippen LogP contribution in [0.25, 0.3) is 0 Å². The summed E-state index contributed by atoms with van der Waals surface area (Å²) < 4.78 is 9.96. The topological polar surface area (TPSA) is 69.1 Å². The molecule has 2 saturated heterocycles. The largest absolute Gasteiger partial charge is 0.379 e. The van der Waals surface area contributed by atoms with Crippen LogP contribution in [0.3, 0.4) is 0 Å². The molecule has 1 unspecified atom stereocenters. The summed E-state index contributed by atoms with van der Waals surface area (Å²) in [6, 6.07) is 0.461. The van der Waals surface area contributed by atoms with Crippen LogP contribution in [0.15, 0.2) is 4.99 Å². The average molecular weight is 552 g/mol. The van der Waals surface area contributed by atoms with Gasteiger partial charge in [-0.25, -0.2) is 4.98 Å². The lowest BCUT2D eigenvalue weighted by molar-refractivity contribution is 0.00862. The minimum atomic E-state index is 0. The van der Waals surface area contributed by atoms with Gasteiger partial charge in [0, 0.05) is 69.8 Å². The number of aliphatic imine (C=N–C) groups is 1. The number of aryl methyl sites for hydroxylation is 1. The summed E-state index contributed by atoms with van der Waals surface area (Å²) >= 11 is 1.52. The van der Waals surface area contributed by atoms with E-state index in [1.807, 2.05) is 0 Å². The Hall–Kier alpha value is -0.720. The highest BCUT2D eigenvalue weighted by Crippen LogP contribution is 2.19. The standard InChI is InChI=1S/C20H37N7OS.HI/c1-5-18-23-20(29-24-18)27-9-7-26(8-10-27)19(21-6-2)22-15-17(16(3)4)25-11-13-28-14-12-25;/h16-17H,5-15H2,1-4H3,(H,21,22);1H. The van der Waals surface area contributed by atoms with E-state index in [4.69, 9.17) is 9.73 Å². The van der Waals surface area contributed by atoms with Crippen molar-refractivity contribution in [1.29, 1.82) is 0 Å². The minimum Gasteiger partial charge on any atom is -0.379 e. The minimum absolute atomic E-state index is 0. The SMILES string of the molecule is CCNC(=NCC(C(C)C)N1CCOCC1)N1CCN(c2nc(CC)ns2)CC1.I. The second-order valence-electron chi connectivity index (χ2n) is 7.98. The van der Waals surface area contributed by atoms with Crippen molar-refractivity contribution in [3.63, 3.8) is 0 Å². The number of rotatable bonds is 7. The van der Waals surface area contributed by atoms with Crippen molar-refractivity contribution in [1.82, 2.24) is 24.5 Å². The molecule has 2 aliphatic rings. The summed E-state index contributed by atoms with van der Waals surface area (Å²) in [5.41, 5.74) is 0. The van der Waals surface area contributed by atoms with Crippen LogP contribution < -0.4 is 10.2 Å². The second-order valence-corrected chi connectivity index (χ2v) is 8.71. The van der Waals surface area contributed by atoms with Gasteiger partial charge in [0.25, 0.3) is 0 Å². The Bertz CT molecular complexity index is 643. The number of nitrogens with one attached hydrogen (secondary N) is 1. The molecule has 0 amide bonds. The molecular formula is C20H38IN7OS. The zero-order valence-electron chi connectivity index (χ0n) is 18.8. The Morgan fingerprint density at radius 2 is 1.83 bits per heavy atom. The van der Waals surface area contributed by atoms with Crippen LogP contribution in [-0.4, -0.2) is 96.7 Å². The first-order valence-corrected chi connectivity index (χ1v) is 11.8. The monoisotopic (exact) mass is 551 g/mol. The maximum absolute atomic E-state index is 5.53. The van der Waals surface area contributed by atoms with Crippen molar-refractivity contribution in [3.8, 4) is 0 Å². The van der Waals surface area contributed by atoms with Crippen molar-refractivity contribution < 1.29 is 4.74 Å². The zero-order chi connectivity index (χ0) is 20.6. The molecule has 2 aliphatic heterocycles. The van der Waals surface area contributed by atoms with Crippen LogP contribution in [0.2, 0.25) is 0 Å². The highest BCUT2D eigenvalue weighted by Gasteiger charge is 2.25. The lowest BCUT2D eigenvalue weighted by Crippen LogP contribution is -2.53. The van der Waals surface area contributed by atoms with E-state index in [9.17, 15) is 0 Å². The summed E-state index contributed by atoms with van der Waals surface area (Å²) in [6.45, 7) is 18.1. The number of hydrogen-bond donors (Lipinski definition) is 1. The first kappa shape index (κ1) is 25.5. The summed E-state index contributed by atoms with van der Waals surface area (Å²) in [4.78, 5) is 17.0. The Morgan fingerprint density at radius 1 is 1.13 bits per heavy atom. The predicted molar refractivity (Wildman–Crippen MR) is 135 cm³/mol. The van der Waals surface area contributed by atoms with Gasteiger partial charge in [-0.05, 0) is 12.8 Å². The van der Waals surface area contributed by atoms with Crippen molar-refractivity contribution >= 4 is 46.6 Å². The molecule has 2 fully saturated rings. The van der Waals surface area contributed by atoms with E-state index < -0.39 is 0 Å². The smallest absolute Gasteiger partial charge is 0.205 e. The molecule has 0 aromatic carbocycles. The number of ether oxygens (including phenoxy) is 1. The molecule has 0 radical (unpaired) electrons. The number of halogens is 1. The van der Waals surface area contributed by atoms with Gasteiger partial charge in [0.15, 0.2) is 5.96 Å². The van der Waals surface area contributed by atoms with E-state index >= 15 is 0 Å². The molecule has 8 nitrogen and oxygen atoms in total. The lowest BCUT2D eigenvalue weighted by atomic mass is 10.0. The number of aromatic nitrogens is 2. The molecule has 172 valence electrons. The summed E-state index contributed by atoms with van der Waals surface area (Å²) in [5.74, 6) is 2.56. The third-order valence-corrected chi connectivity index (χ3v) is 6.49. The van der Waals surface area contributed by atoms with Crippen LogP contribution in [0, 0.1) is 5.92 Å².